The fourth-order valence-corrected chi connectivity index (χ4v) is 1.60. The standard InChI is InChI=1S/C8H5N2OP/c1-9-12(11,10-2)8-6-4-3-5-7-8/h3-7H. The predicted molar refractivity (Wildman–Crippen MR) is 46.9 cm³/mol. The molecule has 0 saturated carbocycles. The van der Waals surface area contributed by atoms with Gasteiger partial charge in [0.2, 0.25) is 0 Å². The summed E-state index contributed by atoms with van der Waals surface area (Å²) in [5.41, 5.74) is 0. The molecule has 58 valence electrons. The molecule has 0 spiro atoms. The van der Waals surface area contributed by atoms with Gasteiger partial charge in [0.1, 0.15) is 0 Å². The molecule has 3 nitrogen and oxygen atoms in total. The summed E-state index contributed by atoms with van der Waals surface area (Å²) in [6.45, 7) is 13.3. The summed E-state index contributed by atoms with van der Waals surface area (Å²) in [6.07, 6.45) is 0. The van der Waals surface area contributed by atoms with Crippen molar-refractivity contribution in [2.24, 2.45) is 0 Å². The third kappa shape index (κ3) is 1.37. The van der Waals surface area contributed by atoms with Crippen LogP contribution in [-0.2, 0) is 4.57 Å². The van der Waals surface area contributed by atoms with E-state index < -0.39 is 7.44 Å². The Morgan fingerprint density at radius 2 is 1.58 bits per heavy atom. The molecular weight excluding hydrogens is 171 g/mol. The largest absolute Gasteiger partial charge is 0.762 e. The second-order valence-electron chi connectivity index (χ2n) is 2.08. The smallest absolute Gasteiger partial charge is 0.222 e. The predicted octanol–water partition coefficient (Wildman–Crippen LogP) is 2.34. The molecule has 1 aromatic carbocycles. The SMILES string of the molecule is [C-]#[N+]P(=O)([N+]#[C-])c1ccccc1. The summed E-state index contributed by atoms with van der Waals surface area (Å²) in [4.78, 5) is 0. The van der Waals surface area contributed by atoms with E-state index in [1.54, 1.807) is 18.2 Å². The molecule has 0 heterocycles. The van der Waals surface area contributed by atoms with E-state index in [0.29, 0.717) is 5.30 Å². The van der Waals surface area contributed by atoms with E-state index in [9.17, 15) is 4.57 Å². The van der Waals surface area contributed by atoms with Crippen LogP contribution in [0.3, 0.4) is 0 Å². The lowest BCUT2D eigenvalue weighted by atomic mass is 10.4. The minimum absolute atomic E-state index is 0.315. The van der Waals surface area contributed by atoms with Gasteiger partial charge in [0.25, 0.3) is 0 Å². The highest BCUT2D eigenvalue weighted by Gasteiger charge is 2.40. The zero-order valence-electron chi connectivity index (χ0n) is 6.14. The molecule has 4 heteroatoms. The van der Waals surface area contributed by atoms with Crippen molar-refractivity contribution >= 4 is 12.7 Å². The first kappa shape index (κ1) is 8.53. The minimum Gasteiger partial charge on any atom is -0.222 e. The van der Waals surface area contributed by atoms with Crippen LogP contribution in [0, 0.1) is 13.1 Å². The molecular formula is C8H5N2OP. The normalized spacial score (nSPS) is 9.83. The Hall–Kier alpha value is -1.57. The average Bonchev–Trinajstić information content (AvgIpc) is 2.18. The van der Waals surface area contributed by atoms with Gasteiger partial charge in [-0.2, -0.15) is 13.8 Å². The number of hydrogen-bond acceptors (Lipinski definition) is 1. The molecule has 0 amide bonds. The van der Waals surface area contributed by atoms with Crippen molar-refractivity contribution in [1.29, 1.82) is 0 Å². The molecule has 0 aromatic heterocycles. The fraction of sp³-hybridized carbons (Fsp3) is 0. The van der Waals surface area contributed by atoms with Crippen LogP contribution in [0.15, 0.2) is 30.3 Å². The van der Waals surface area contributed by atoms with Gasteiger partial charge in [-0.3, -0.25) is 0 Å². The summed E-state index contributed by atoms with van der Waals surface area (Å²) in [7, 11) is -3.45. The number of benzene rings is 1. The Balaban J connectivity index is 3.27. The molecule has 1 rings (SSSR count). The van der Waals surface area contributed by atoms with E-state index >= 15 is 0 Å². The van der Waals surface area contributed by atoms with Crippen molar-refractivity contribution in [3.05, 3.63) is 52.7 Å². The summed E-state index contributed by atoms with van der Waals surface area (Å²) < 4.78 is 17.2. The highest BCUT2D eigenvalue weighted by molar-refractivity contribution is 7.75. The molecule has 0 N–H and O–H groups in total. The topological polar surface area (TPSA) is 25.8 Å². The molecule has 0 aliphatic carbocycles. The fourth-order valence-electron chi connectivity index (χ4n) is 0.760. The van der Waals surface area contributed by atoms with Gasteiger partial charge in [-0.1, -0.05) is 18.2 Å². The van der Waals surface area contributed by atoms with Crippen LogP contribution in [0.2, 0.25) is 0 Å². The van der Waals surface area contributed by atoms with E-state index in [4.69, 9.17) is 13.1 Å². The first-order valence-corrected chi connectivity index (χ1v) is 4.78. The Morgan fingerprint density at radius 1 is 1.08 bits per heavy atom. The monoisotopic (exact) mass is 176 g/mol. The maximum Gasteiger partial charge on any atom is 0.762 e. The second kappa shape index (κ2) is 3.22. The average molecular weight is 176 g/mol. The van der Waals surface area contributed by atoms with Crippen LogP contribution in [0.4, 0.5) is 0 Å². The number of nitrogens with zero attached hydrogens (tertiary/aromatic N) is 2. The van der Waals surface area contributed by atoms with Gasteiger partial charge in [-0.25, -0.2) is 13.1 Å². The van der Waals surface area contributed by atoms with E-state index in [1.807, 2.05) is 0 Å². The Labute approximate surface area is 70.8 Å². The lowest BCUT2D eigenvalue weighted by Crippen LogP contribution is -1.96. The van der Waals surface area contributed by atoms with Gasteiger partial charge in [-0.15, -0.1) is 0 Å². The Bertz CT molecular complexity index is 381. The molecule has 0 atom stereocenters. The lowest BCUT2D eigenvalue weighted by Gasteiger charge is -1.88. The molecule has 1 aromatic rings. The van der Waals surface area contributed by atoms with E-state index in [-0.39, 0.29) is 0 Å². The van der Waals surface area contributed by atoms with Crippen LogP contribution < -0.4 is 5.30 Å². The van der Waals surface area contributed by atoms with Gasteiger partial charge in [0.15, 0.2) is 5.30 Å². The lowest BCUT2D eigenvalue weighted by molar-refractivity contribution is 0.591. The molecule has 0 saturated heterocycles. The molecule has 0 bridgehead atoms. The second-order valence-corrected chi connectivity index (χ2v) is 4.08. The van der Waals surface area contributed by atoms with Crippen LogP contribution in [0.1, 0.15) is 0 Å². The zero-order chi connectivity index (χ0) is 9.03. The summed E-state index contributed by atoms with van der Waals surface area (Å²) in [6, 6.07) is 8.16. The number of rotatable bonds is 1. The third-order valence-corrected chi connectivity index (χ3v) is 2.88. The minimum atomic E-state index is -3.45. The third-order valence-electron chi connectivity index (χ3n) is 1.36. The summed E-state index contributed by atoms with van der Waals surface area (Å²) in [5.74, 6) is 0. The molecule has 12 heavy (non-hydrogen) atoms. The first-order valence-electron chi connectivity index (χ1n) is 3.16. The van der Waals surface area contributed by atoms with E-state index in [1.165, 1.54) is 12.1 Å². The van der Waals surface area contributed by atoms with Crippen molar-refractivity contribution < 1.29 is 4.57 Å². The summed E-state index contributed by atoms with van der Waals surface area (Å²) >= 11 is 0. The van der Waals surface area contributed by atoms with Gasteiger partial charge in [0, 0.05) is 0 Å². The van der Waals surface area contributed by atoms with Gasteiger partial charge in [0.05, 0.1) is 0 Å². The van der Waals surface area contributed by atoms with Crippen molar-refractivity contribution in [2.75, 3.05) is 0 Å². The molecule has 0 aliphatic rings. The van der Waals surface area contributed by atoms with Gasteiger partial charge in [-0.05, 0) is 12.1 Å². The Kier molecular flexibility index (Phi) is 2.29. The van der Waals surface area contributed by atoms with Crippen molar-refractivity contribution in [3.8, 4) is 0 Å². The highest BCUT2D eigenvalue weighted by Crippen LogP contribution is 2.47. The summed E-state index contributed by atoms with van der Waals surface area (Å²) in [5, 5.41) is 0.315. The highest BCUT2D eigenvalue weighted by atomic mass is 31.2. The molecule has 0 unspecified atom stereocenters. The maximum absolute atomic E-state index is 11.4. The quantitative estimate of drug-likeness (QED) is 0.476. The van der Waals surface area contributed by atoms with Gasteiger partial charge < -0.3 is 0 Å². The van der Waals surface area contributed by atoms with Crippen molar-refractivity contribution in [2.45, 2.75) is 0 Å². The van der Waals surface area contributed by atoms with Crippen molar-refractivity contribution in [3.63, 3.8) is 0 Å². The van der Waals surface area contributed by atoms with Crippen LogP contribution in [-0.4, -0.2) is 0 Å². The van der Waals surface area contributed by atoms with Crippen molar-refractivity contribution in [1.82, 2.24) is 0 Å². The van der Waals surface area contributed by atoms with Gasteiger partial charge >= 0.3 is 7.44 Å². The molecule has 0 aliphatic heterocycles. The van der Waals surface area contributed by atoms with E-state index in [2.05, 4.69) is 9.23 Å². The van der Waals surface area contributed by atoms with Crippen LogP contribution >= 0.6 is 7.44 Å². The first-order chi connectivity index (χ1) is 5.73. The van der Waals surface area contributed by atoms with Crippen LogP contribution in [0.5, 0.6) is 0 Å². The Morgan fingerprint density at radius 3 is 2.00 bits per heavy atom. The molecule has 0 radical (unpaired) electrons. The zero-order valence-corrected chi connectivity index (χ0v) is 7.03. The molecule has 0 fully saturated rings. The van der Waals surface area contributed by atoms with E-state index in [0.717, 1.165) is 0 Å². The number of hydrogen-bond donors (Lipinski definition) is 0. The van der Waals surface area contributed by atoms with Crippen LogP contribution in [0.25, 0.3) is 9.23 Å². The maximum atomic E-state index is 11.4.